The van der Waals surface area contributed by atoms with Gasteiger partial charge in [0.1, 0.15) is 0 Å². The summed E-state index contributed by atoms with van der Waals surface area (Å²) in [5.74, 6) is 0. The van der Waals surface area contributed by atoms with E-state index in [9.17, 15) is 0 Å². The number of aliphatic hydroxyl groups is 3. The van der Waals surface area contributed by atoms with Gasteiger partial charge in [0.2, 0.25) is 0 Å². The highest BCUT2D eigenvalue weighted by Gasteiger charge is 2.00. The minimum Gasteiger partial charge on any atom is -0.396 e. The van der Waals surface area contributed by atoms with Crippen LogP contribution in [0.2, 0.25) is 0 Å². The van der Waals surface area contributed by atoms with Crippen LogP contribution in [0, 0.1) is 6.42 Å². The molecule has 0 aliphatic rings. The molecule has 0 spiro atoms. The summed E-state index contributed by atoms with van der Waals surface area (Å²) in [5, 5.41) is 25.7. The van der Waals surface area contributed by atoms with Gasteiger partial charge in [0.25, 0.3) is 0 Å². The van der Waals surface area contributed by atoms with Gasteiger partial charge in [-0.2, -0.15) is 0 Å². The summed E-state index contributed by atoms with van der Waals surface area (Å²) in [7, 11) is 0. The smallest absolute Gasteiger partial charge is 0.0771 e. The Morgan fingerprint density at radius 1 is 1.18 bits per heavy atom. The van der Waals surface area contributed by atoms with E-state index in [1.54, 1.807) is 0 Å². The maximum absolute atomic E-state index is 8.90. The highest BCUT2D eigenvalue weighted by molar-refractivity contribution is 4.66. The predicted molar refractivity (Wildman–Crippen MR) is 42.9 cm³/mol. The van der Waals surface area contributed by atoms with Crippen molar-refractivity contribution in [3.05, 3.63) is 6.42 Å². The van der Waals surface area contributed by atoms with Crippen LogP contribution in [0.25, 0.3) is 0 Å². The van der Waals surface area contributed by atoms with E-state index in [0.29, 0.717) is 6.42 Å². The summed E-state index contributed by atoms with van der Waals surface area (Å²) in [6.45, 7) is 0.0624. The van der Waals surface area contributed by atoms with E-state index in [0.717, 1.165) is 19.3 Å². The Kier molecular flexibility index (Phi) is 7.89. The van der Waals surface area contributed by atoms with E-state index in [4.69, 9.17) is 15.3 Å². The summed E-state index contributed by atoms with van der Waals surface area (Å²) in [5.41, 5.74) is 0. The van der Waals surface area contributed by atoms with Crippen LogP contribution < -0.4 is 0 Å². The van der Waals surface area contributed by atoms with Crippen LogP contribution in [-0.4, -0.2) is 34.6 Å². The summed E-state index contributed by atoms with van der Waals surface area (Å²) in [6.07, 6.45) is 4.53. The minimum atomic E-state index is -0.583. The normalized spacial score (nSPS) is 13.4. The SMILES string of the molecule is OCCC[CH]CCC(O)CO. The van der Waals surface area contributed by atoms with Crippen molar-refractivity contribution < 1.29 is 15.3 Å². The maximum atomic E-state index is 8.90. The lowest BCUT2D eigenvalue weighted by Gasteiger charge is -2.04. The van der Waals surface area contributed by atoms with Gasteiger partial charge in [0.15, 0.2) is 0 Å². The molecule has 0 aliphatic carbocycles. The quantitative estimate of drug-likeness (QED) is 0.464. The molecule has 0 aromatic heterocycles. The topological polar surface area (TPSA) is 60.7 Å². The van der Waals surface area contributed by atoms with Crippen LogP contribution >= 0.6 is 0 Å². The summed E-state index contributed by atoms with van der Waals surface area (Å²) >= 11 is 0. The molecular weight excluding hydrogens is 144 g/mol. The molecule has 3 heteroatoms. The first-order valence-electron chi connectivity index (χ1n) is 4.02. The number of hydrogen-bond acceptors (Lipinski definition) is 3. The van der Waals surface area contributed by atoms with Crippen LogP contribution in [0.15, 0.2) is 0 Å². The van der Waals surface area contributed by atoms with Crippen molar-refractivity contribution in [2.24, 2.45) is 0 Å². The molecule has 0 fully saturated rings. The van der Waals surface area contributed by atoms with Crippen LogP contribution in [0.4, 0.5) is 0 Å². The summed E-state index contributed by atoms with van der Waals surface area (Å²) in [6, 6.07) is 0. The zero-order valence-corrected chi connectivity index (χ0v) is 6.74. The maximum Gasteiger partial charge on any atom is 0.0771 e. The fraction of sp³-hybridized carbons (Fsp3) is 0.875. The first-order chi connectivity index (χ1) is 5.31. The number of aliphatic hydroxyl groups excluding tert-OH is 3. The molecule has 0 aromatic carbocycles. The molecule has 0 saturated heterocycles. The third-order valence-electron chi connectivity index (χ3n) is 1.48. The molecule has 0 amide bonds. The minimum absolute atomic E-state index is 0.159. The lowest BCUT2D eigenvalue weighted by atomic mass is 10.1. The monoisotopic (exact) mass is 161 g/mol. The van der Waals surface area contributed by atoms with Crippen LogP contribution in [0.3, 0.4) is 0 Å². The van der Waals surface area contributed by atoms with E-state index in [2.05, 4.69) is 0 Å². The molecular formula is C8H17O3. The molecule has 0 aliphatic heterocycles. The van der Waals surface area contributed by atoms with Crippen molar-refractivity contribution in [1.82, 2.24) is 0 Å². The van der Waals surface area contributed by atoms with Crippen molar-refractivity contribution in [3.8, 4) is 0 Å². The Bertz CT molecular complexity index is 75.7. The second-order valence-electron chi connectivity index (χ2n) is 2.57. The fourth-order valence-corrected chi connectivity index (χ4v) is 0.781. The lowest BCUT2D eigenvalue weighted by Crippen LogP contribution is -2.11. The van der Waals surface area contributed by atoms with Gasteiger partial charge in [-0.15, -0.1) is 0 Å². The summed E-state index contributed by atoms with van der Waals surface area (Å²) in [4.78, 5) is 0. The van der Waals surface area contributed by atoms with Crippen molar-refractivity contribution in [2.75, 3.05) is 13.2 Å². The molecule has 1 atom stereocenters. The molecule has 11 heavy (non-hydrogen) atoms. The van der Waals surface area contributed by atoms with Gasteiger partial charge in [-0.3, -0.25) is 0 Å². The third kappa shape index (κ3) is 7.78. The second kappa shape index (κ2) is 7.98. The Hall–Kier alpha value is -0.120. The first-order valence-corrected chi connectivity index (χ1v) is 4.02. The molecule has 3 nitrogen and oxygen atoms in total. The Morgan fingerprint density at radius 2 is 1.91 bits per heavy atom. The molecule has 0 saturated carbocycles. The second-order valence-corrected chi connectivity index (χ2v) is 2.57. The first kappa shape index (κ1) is 10.9. The third-order valence-corrected chi connectivity index (χ3v) is 1.48. The van der Waals surface area contributed by atoms with Gasteiger partial charge in [-0.1, -0.05) is 0 Å². The zero-order chi connectivity index (χ0) is 8.53. The molecule has 0 aromatic rings. The average Bonchev–Trinajstić information content (AvgIpc) is 2.04. The van der Waals surface area contributed by atoms with Gasteiger partial charge < -0.3 is 15.3 Å². The molecule has 0 rings (SSSR count). The fourth-order valence-electron chi connectivity index (χ4n) is 0.781. The van der Waals surface area contributed by atoms with Crippen molar-refractivity contribution >= 4 is 0 Å². The van der Waals surface area contributed by atoms with Gasteiger partial charge in [-0.25, -0.2) is 0 Å². The highest BCUT2D eigenvalue weighted by Crippen LogP contribution is 2.03. The van der Waals surface area contributed by atoms with Crippen molar-refractivity contribution in [3.63, 3.8) is 0 Å². The van der Waals surface area contributed by atoms with Crippen LogP contribution in [-0.2, 0) is 0 Å². The molecule has 3 N–H and O–H groups in total. The van der Waals surface area contributed by atoms with Crippen LogP contribution in [0.1, 0.15) is 25.7 Å². The van der Waals surface area contributed by atoms with E-state index >= 15 is 0 Å². The number of rotatable bonds is 7. The molecule has 0 heterocycles. The Labute approximate surface area is 67.7 Å². The van der Waals surface area contributed by atoms with Gasteiger partial charge in [-0.05, 0) is 32.1 Å². The molecule has 0 bridgehead atoms. The summed E-state index contributed by atoms with van der Waals surface area (Å²) < 4.78 is 0. The lowest BCUT2D eigenvalue weighted by molar-refractivity contribution is 0.0881. The highest BCUT2D eigenvalue weighted by atomic mass is 16.3. The van der Waals surface area contributed by atoms with E-state index in [-0.39, 0.29) is 13.2 Å². The average molecular weight is 161 g/mol. The largest absolute Gasteiger partial charge is 0.396 e. The van der Waals surface area contributed by atoms with Gasteiger partial charge in [0, 0.05) is 6.61 Å². The van der Waals surface area contributed by atoms with Gasteiger partial charge >= 0.3 is 0 Å². The van der Waals surface area contributed by atoms with Crippen molar-refractivity contribution in [2.45, 2.75) is 31.8 Å². The van der Waals surface area contributed by atoms with E-state index < -0.39 is 6.10 Å². The molecule has 1 radical (unpaired) electrons. The molecule has 67 valence electrons. The van der Waals surface area contributed by atoms with E-state index in [1.165, 1.54) is 0 Å². The van der Waals surface area contributed by atoms with E-state index in [1.807, 2.05) is 6.42 Å². The van der Waals surface area contributed by atoms with Gasteiger partial charge in [0.05, 0.1) is 12.7 Å². The number of hydrogen-bond donors (Lipinski definition) is 3. The Balaban J connectivity index is 2.89. The zero-order valence-electron chi connectivity index (χ0n) is 6.74. The Morgan fingerprint density at radius 3 is 2.45 bits per heavy atom. The van der Waals surface area contributed by atoms with Crippen molar-refractivity contribution in [1.29, 1.82) is 0 Å². The predicted octanol–water partition coefficient (Wildman–Crippen LogP) is 0.0966. The molecule has 1 unspecified atom stereocenters. The number of unbranched alkanes of at least 4 members (excludes halogenated alkanes) is 3. The van der Waals surface area contributed by atoms with Crippen LogP contribution in [0.5, 0.6) is 0 Å². The standard InChI is InChI=1S/C8H17O3/c9-6-4-2-1-3-5-8(11)7-10/h1,8-11H,2-7H2.